The molecule has 0 atom stereocenters. The highest BCUT2D eigenvalue weighted by molar-refractivity contribution is 9.10. The van der Waals surface area contributed by atoms with Crippen LogP contribution in [0.15, 0.2) is 34.8 Å². The summed E-state index contributed by atoms with van der Waals surface area (Å²) in [5, 5.41) is 3.55. The van der Waals surface area contributed by atoms with Gasteiger partial charge in [0.15, 0.2) is 5.82 Å². The number of nitrogen functional groups attached to an aromatic ring is 1. The highest BCUT2D eigenvalue weighted by Gasteiger charge is 2.03. The van der Waals surface area contributed by atoms with Crippen LogP contribution in [0.3, 0.4) is 0 Å². The summed E-state index contributed by atoms with van der Waals surface area (Å²) >= 11 is 9.27. The third-order valence-corrected chi connectivity index (χ3v) is 2.87. The Morgan fingerprint density at radius 3 is 2.76 bits per heavy atom. The molecule has 5 heteroatoms. The summed E-state index contributed by atoms with van der Waals surface area (Å²) < 4.78 is 1.00. The summed E-state index contributed by atoms with van der Waals surface area (Å²) in [5.74, 6) is 0.565. The molecule has 0 unspecified atom stereocenters. The van der Waals surface area contributed by atoms with Crippen molar-refractivity contribution in [3.8, 4) is 0 Å². The lowest BCUT2D eigenvalue weighted by Crippen LogP contribution is -1.99. The molecular formula is C12H11BrClN3. The van der Waals surface area contributed by atoms with E-state index in [4.69, 9.17) is 17.3 Å². The van der Waals surface area contributed by atoms with E-state index in [0.29, 0.717) is 16.7 Å². The number of benzene rings is 1. The molecule has 1 aromatic carbocycles. The number of nitrogens with one attached hydrogen (secondary N) is 1. The lowest BCUT2D eigenvalue weighted by Gasteiger charge is -2.09. The molecule has 0 aliphatic rings. The van der Waals surface area contributed by atoms with Crippen LogP contribution >= 0.6 is 27.5 Å². The molecule has 0 amide bonds. The number of anilines is 3. The van der Waals surface area contributed by atoms with Crippen molar-refractivity contribution >= 4 is 44.7 Å². The van der Waals surface area contributed by atoms with Crippen molar-refractivity contribution in [3.05, 3.63) is 45.5 Å². The van der Waals surface area contributed by atoms with Gasteiger partial charge in [0.2, 0.25) is 0 Å². The summed E-state index contributed by atoms with van der Waals surface area (Å²) in [7, 11) is 0. The van der Waals surface area contributed by atoms with E-state index >= 15 is 0 Å². The Morgan fingerprint density at radius 1 is 1.29 bits per heavy atom. The molecule has 0 fully saturated rings. The average molecular weight is 313 g/mol. The first-order valence-corrected chi connectivity index (χ1v) is 6.18. The molecular weight excluding hydrogens is 302 g/mol. The molecule has 88 valence electrons. The maximum Gasteiger partial charge on any atom is 0.155 e. The molecule has 1 aromatic heterocycles. The van der Waals surface area contributed by atoms with Gasteiger partial charge in [-0.2, -0.15) is 0 Å². The second kappa shape index (κ2) is 4.94. The van der Waals surface area contributed by atoms with Gasteiger partial charge in [-0.25, -0.2) is 4.98 Å². The topological polar surface area (TPSA) is 50.9 Å². The van der Waals surface area contributed by atoms with Crippen LogP contribution in [0.4, 0.5) is 17.2 Å². The monoisotopic (exact) mass is 311 g/mol. The van der Waals surface area contributed by atoms with Crippen LogP contribution in [0, 0.1) is 6.92 Å². The molecule has 1 heterocycles. The number of rotatable bonds is 2. The minimum absolute atomic E-state index is 0.411. The quantitative estimate of drug-likeness (QED) is 0.820. The fourth-order valence-corrected chi connectivity index (χ4v) is 2.25. The third-order valence-electron chi connectivity index (χ3n) is 2.20. The summed E-state index contributed by atoms with van der Waals surface area (Å²) in [5.41, 5.74) is 8.44. The number of aromatic nitrogens is 1. The predicted molar refractivity (Wildman–Crippen MR) is 75.8 cm³/mol. The van der Waals surface area contributed by atoms with Gasteiger partial charge in [0.25, 0.3) is 0 Å². The second-order valence-corrected chi connectivity index (χ2v) is 5.02. The number of nitrogens with zero attached hydrogens (tertiary/aromatic N) is 1. The zero-order valence-electron chi connectivity index (χ0n) is 9.17. The Bertz CT molecular complexity index is 537. The highest BCUT2D eigenvalue weighted by Crippen LogP contribution is 2.25. The zero-order valence-corrected chi connectivity index (χ0v) is 11.5. The van der Waals surface area contributed by atoms with E-state index in [2.05, 4.69) is 26.2 Å². The number of pyridine rings is 1. The predicted octanol–water partition coefficient (Wildman–Crippen LogP) is 4.13. The maximum absolute atomic E-state index is 5.83. The van der Waals surface area contributed by atoms with E-state index in [9.17, 15) is 0 Å². The molecule has 17 heavy (non-hydrogen) atoms. The molecule has 2 rings (SSSR count). The van der Waals surface area contributed by atoms with E-state index in [1.54, 1.807) is 12.1 Å². The fourth-order valence-electron chi connectivity index (χ4n) is 1.49. The van der Waals surface area contributed by atoms with Gasteiger partial charge in [-0.15, -0.1) is 0 Å². The average Bonchev–Trinajstić information content (AvgIpc) is 2.22. The molecule has 0 radical (unpaired) electrons. The van der Waals surface area contributed by atoms with Crippen molar-refractivity contribution in [2.75, 3.05) is 11.1 Å². The van der Waals surface area contributed by atoms with Gasteiger partial charge < -0.3 is 11.1 Å². The van der Waals surface area contributed by atoms with Gasteiger partial charge in [0.1, 0.15) is 5.15 Å². The standard InChI is InChI=1S/C12H11BrClN3/c1-7-4-8(13)6-9(5-7)16-12-10(15)2-3-11(14)17-12/h2-6H,15H2,1H3,(H,16,17). The molecule has 0 spiro atoms. The molecule has 0 aliphatic heterocycles. The molecule has 0 saturated carbocycles. The van der Waals surface area contributed by atoms with E-state index < -0.39 is 0 Å². The normalized spacial score (nSPS) is 10.3. The molecule has 0 aliphatic carbocycles. The molecule has 3 N–H and O–H groups in total. The van der Waals surface area contributed by atoms with E-state index in [1.807, 2.05) is 25.1 Å². The van der Waals surface area contributed by atoms with Gasteiger partial charge in [-0.3, -0.25) is 0 Å². The van der Waals surface area contributed by atoms with Gasteiger partial charge in [-0.05, 0) is 42.8 Å². The van der Waals surface area contributed by atoms with Crippen molar-refractivity contribution in [2.45, 2.75) is 6.92 Å². The van der Waals surface area contributed by atoms with Crippen molar-refractivity contribution < 1.29 is 0 Å². The van der Waals surface area contributed by atoms with E-state index in [1.165, 1.54) is 0 Å². The Hall–Kier alpha value is -1.26. The molecule has 3 nitrogen and oxygen atoms in total. The van der Waals surface area contributed by atoms with Gasteiger partial charge >= 0.3 is 0 Å². The largest absolute Gasteiger partial charge is 0.396 e. The first-order chi connectivity index (χ1) is 8.04. The Kier molecular flexibility index (Phi) is 3.54. The summed E-state index contributed by atoms with van der Waals surface area (Å²) in [6, 6.07) is 9.37. The minimum Gasteiger partial charge on any atom is -0.396 e. The smallest absolute Gasteiger partial charge is 0.155 e. The van der Waals surface area contributed by atoms with Crippen LogP contribution in [0.2, 0.25) is 5.15 Å². The lowest BCUT2D eigenvalue weighted by atomic mass is 10.2. The van der Waals surface area contributed by atoms with E-state index in [0.717, 1.165) is 15.7 Å². The number of aryl methyl sites for hydroxylation is 1. The van der Waals surface area contributed by atoms with Gasteiger partial charge in [0.05, 0.1) is 5.69 Å². The number of hydrogen-bond donors (Lipinski definition) is 2. The molecule has 2 aromatic rings. The van der Waals surface area contributed by atoms with Crippen LogP contribution in [-0.2, 0) is 0 Å². The Balaban J connectivity index is 2.34. The fraction of sp³-hybridized carbons (Fsp3) is 0.0833. The number of nitrogens with two attached hydrogens (primary N) is 1. The van der Waals surface area contributed by atoms with Crippen molar-refractivity contribution in [1.29, 1.82) is 0 Å². The van der Waals surface area contributed by atoms with Crippen LogP contribution in [-0.4, -0.2) is 4.98 Å². The van der Waals surface area contributed by atoms with Crippen LogP contribution in [0.25, 0.3) is 0 Å². The first kappa shape index (κ1) is 12.2. The Labute approximate surface area is 113 Å². The first-order valence-electron chi connectivity index (χ1n) is 5.01. The van der Waals surface area contributed by atoms with Gasteiger partial charge in [0, 0.05) is 10.2 Å². The van der Waals surface area contributed by atoms with E-state index in [-0.39, 0.29) is 0 Å². The minimum atomic E-state index is 0.411. The summed E-state index contributed by atoms with van der Waals surface area (Å²) in [6.45, 7) is 2.02. The van der Waals surface area contributed by atoms with Crippen molar-refractivity contribution in [1.82, 2.24) is 4.98 Å². The number of halogens is 2. The summed E-state index contributed by atoms with van der Waals surface area (Å²) in [4.78, 5) is 4.14. The Morgan fingerprint density at radius 2 is 2.06 bits per heavy atom. The number of hydrogen-bond acceptors (Lipinski definition) is 3. The third kappa shape index (κ3) is 3.11. The lowest BCUT2D eigenvalue weighted by molar-refractivity contribution is 1.30. The molecule has 0 bridgehead atoms. The second-order valence-electron chi connectivity index (χ2n) is 3.71. The van der Waals surface area contributed by atoms with Crippen LogP contribution < -0.4 is 11.1 Å². The summed E-state index contributed by atoms with van der Waals surface area (Å²) in [6.07, 6.45) is 0. The maximum atomic E-state index is 5.83. The van der Waals surface area contributed by atoms with Crippen molar-refractivity contribution in [3.63, 3.8) is 0 Å². The molecule has 0 saturated heterocycles. The van der Waals surface area contributed by atoms with Crippen LogP contribution in [0.1, 0.15) is 5.56 Å². The SMILES string of the molecule is Cc1cc(Br)cc(Nc2nc(Cl)ccc2N)c1. The highest BCUT2D eigenvalue weighted by atomic mass is 79.9. The van der Waals surface area contributed by atoms with Crippen LogP contribution in [0.5, 0.6) is 0 Å². The van der Waals surface area contributed by atoms with Gasteiger partial charge in [-0.1, -0.05) is 27.5 Å². The van der Waals surface area contributed by atoms with Crippen molar-refractivity contribution in [2.24, 2.45) is 0 Å². The zero-order chi connectivity index (χ0) is 12.4.